The van der Waals surface area contributed by atoms with Crippen LogP contribution in [-0.2, 0) is 6.42 Å². The van der Waals surface area contributed by atoms with Gasteiger partial charge in [0.2, 0.25) is 0 Å². The number of aromatic nitrogens is 1. The summed E-state index contributed by atoms with van der Waals surface area (Å²) in [5.41, 5.74) is 5.05. The van der Waals surface area contributed by atoms with Crippen LogP contribution in [0.1, 0.15) is 50.9 Å². The molecular weight excluding hydrogens is 278 g/mol. The molecule has 0 N–H and O–H groups in total. The zero-order valence-electron chi connectivity index (χ0n) is 14.3. The quantitative estimate of drug-likeness (QED) is 0.534. The second-order valence-electron chi connectivity index (χ2n) is 6.49. The van der Waals surface area contributed by atoms with Gasteiger partial charge in [0.25, 0.3) is 0 Å². The van der Waals surface area contributed by atoms with Crippen LogP contribution < -0.4 is 0 Å². The van der Waals surface area contributed by atoms with Crippen LogP contribution in [-0.4, -0.2) is 4.98 Å². The van der Waals surface area contributed by atoms with E-state index >= 15 is 0 Å². The molecule has 0 saturated heterocycles. The van der Waals surface area contributed by atoms with Crippen molar-refractivity contribution < 1.29 is 0 Å². The third-order valence-corrected chi connectivity index (χ3v) is 4.40. The van der Waals surface area contributed by atoms with Gasteiger partial charge < -0.3 is 0 Å². The lowest BCUT2D eigenvalue weighted by Crippen LogP contribution is -2.03. The van der Waals surface area contributed by atoms with Gasteiger partial charge >= 0.3 is 0 Å². The van der Waals surface area contributed by atoms with E-state index in [2.05, 4.69) is 75.4 Å². The highest BCUT2D eigenvalue weighted by Gasteiger charge is 2.17. The van der Waals surface area contributed by atoms with E-state index in [9.17, 15) is 0 Å². The highest BCUT2D eigenvalue weighted by Crippen LogP contribution is 2.36. The molecule has 1 heteroatoms. The highest BCUT2D eigenvalue weighted by atomic mass is 14.7. The van der Waals surface area contributed by atoms with Gasteiger partial charge in [-0.25, -0.2) is 0 Å². The lowest BCUT2D eigenvalue weighted by Gasteiger charge is -2.18. The van der Waals surface area contributed by atoms with Gasteiger partial charge in [-0.2, -0.15) is 0 Å². The first-order chi connectivity index (χ1) is 11.2. The number of hydrogen-bond acceptors (Lipinski definition) is 1. The van der Waals surface area contributed by atoms with Crippen LogP contribution in [0.3, 0.4) is 0 Å². The minimum Gasteiger partial charge on any atom is -0.256 e. The van der Waals surface area contributed by atoms with Crippen LogP contribution >= 0.6 is 0 Å². The van der Waals surface area contributed by atoms with E-state index in [4.69, 9.17) is 4.98 Å². The van der Waals surface area contributed by atoms with Crippen LogP contribution in [0.15, 0.2) is 54.6 Å². The van der Waals surface area contributed by atoms with Crippen LogP contribution in [0.2, 0.25) is 0 Å². The highest BCUT2D eigenvalue weighted by molar-refractivity contribution is 5.99. The number of rotatable bonds is 5. The molecule has 0 fully saturated rings. The number of pyridine rings is 1. The zero-order chi connectivity index (χ0) is 16.2. The van der Waals surface area contributed by atoms with Crippen molar-refractivity contribution >= 4 is 10.8 Å². The molecule has 23 heavy (non-hydrogen) atoms. The standard InChI is InChI=1S/C22H25N/c1-4-5-15-20-18-13-9-10-14-19(18)21(22(23-20)16(2)3)17-11-7-6-8-12-17/h6-14,16H,4-5,15H2,1-3H3. The zero-order valence-corrected chi connectivity index (χ0v) is 14.3. The average Bonchev–Trinajstić information content (AvgIpc) is 2.59. The second-order valence-corrected chi connectivity index (χ2v) is 6.49. The lowest BCUT2D eigenvalue weighted by atomic mass is 9.91. The summed E-state index contributed by atoms with van der Waals surface area (Å²) in [6.45, 7) is 6.73. The Bertz CT molecular complexity index is 788. The van der Waals surface area contributed by atoms with E-state index in [1.807, 2.05) is 0 Å². The molecule has 2 aromatic carbocycles. The molecule has 3 aromatic rings. The van der Waals surface area contributed by atoms with Gasteiger partial charge in [-0.1, -0.05) is 81.8 Å². The Morgan fingerprint density at radius 3 is 2.17 bits per heavy atom. The topological polar surface area (TPSA) is 12.9 Å². The van der Waals surface area contributed by atoms with Gasteiger partial charge in [0, 0.05) is 16.6 Å². The molecule has 0 amide bonds. The fourth-order valence-electron chi connectivity index (χ4n) is 3.21. The van der Waals surface area contributed by atoms with E-state index in [0.717, 1.165) is 6.42 Å². The maximum absolute atomic E-state index is 5.11. The Morgan fingerprint density at radius 2 is 1.52 bits per heavy atom. The molecule has 0 aliphatic rings. The Balaban J connectivity index is 2.31. The van der Waals surface area contributed by atoms with E-state index in [1.165, 1.54) is 46.1 Å². The number of unbranched alkanes of at least 4 members (excludes halogenated alkanes) is 1. The summed E-state index contributed by atoms with van der Waals surface area (Å²) in [5, 5.41) is 2.65. The molecule has 1 aromatic heterocycles. The summed E-state index contributed by atoms with van der Waals surface area (Å²) in [5.74, 6) is 0.412. The summed E-state index contributed by atoms with van der Waals surface area (Å²) in [4.78, 5) is 5.11. The fraction of sp³-hybridized carbons (Fsp3) is 0.318. The van der Waals surface area contributed by atoms with Crippen molar-refractivity contribution in [2.24, 2.45) is 0 Å². The van der Waals surface area contributed by atoms with Crippen LogP contribution in [0, 0.1) is 0 Å². The van der Waals surface area contributed by atoms with Gasteiger partial charge in [0.15, 0.2) is 0 Å². The maximum atomic E-state index is 5.11. The van der Waals surface area contributed by atoms with Crippen molar-refractivity contribution in [3.63, 3.8) is 0 Å². The second kappa shape index (κ2) is 6.95. The summed E-state index contributed by atoms with van der Waals surface area (Å²) >= 11 is 0. The van der Waals surface area contributed by atoms with Crippen LogP contribution in [0.4, 0.5) is 0 Å². The third kappa shape index (κ3) is 3.14. The Morgan fingerprint density at radius 1 is 0.870 bits per heavy atom. The van der Waals surface area contributed by atoms with Crippen molar-refractivity contribution in [3.8, 4) is 11.1 Å². The summed E-state index contributed by atoms with van der Waals surface area (Å²) in [6.07, 6.45) is 3.46. The lowest BCUT2D eigenvalue weighted by molar-refractivity contribution is 0.760. The Hall–Kier alpha value is -2.15. The molecule has 118 valence electrons. The molecular formula is C22H25N. The number of aryl methyl sites for hydroxylation is 1. The molecule has 0 atom stereocenters. The van der Waals surface area contributed by atoms with Crippen LogP contribution in [0.5, 0.6) is 0 Å². The Labute approximate surface area is 139 Å². The molecule has 0 bridgehead atoms. The minimum atomic E-state index is 0.412. The molecule has 0 radical (unpaired) electrons. The van der Waals surface area contributed by atoms with Crippen molar-refractivity contribution in [3.05, 3.63) is 66.0 Å². The fourth-order valence-corrected chi connectivity index (χ4v) is 3.21. The van der Waals surface area contributed by atoms with E-state index in [0.29, 0.717) is 5.92 Å². The molecule has 0 saturated carbocycles. The van der Waals surface area contributed by atoms with Gasteiger partial charge in [-0.05, 0) is 29.7 Å². The summed E-state index contributed by atoms with van der Waals surface area (Å²) in [6, 6.07) is 19.4. The van der Waals surface area contributed by atoms with Crippen LogP contribution in [0.25, 0.3) is 21.9 Å². The van der Waals surface area contributed by atoms with Gasteiger partial charge in [0.05, 0.1) is 5.69 Å². The molecule has 0 spiro atoms. The predicted molar refractivity (Wildman–Crippen MR) is 99.9 cm³/mol. The number of hydrogen-bond donors (Lipinski definition) is 0. The molecule has 3 rings (SSSR count). The number of nitrogens with zero attached hydrogens (tertiary/aromatic N) is 1. The first-order valence-corrected chi connectivity index (χ1v) is 8.69. The molecule has 0 unspecified atom stereocenters. The number of fused-ring (bicyclic) bond motifs is 1. The van der Waals surface area contributed by atoms with Crippen molar-refractivity contribution in [1.82, 2.24) is 4.98 Å². The van der Waals surface area contributed by atoms with E-state index < -0.39 is 0 Å². The largest absolute Gasteiger partial charge is 0.256 e. The van der Waals surface area contributed by atoms with Crippen molar-refractivity contribution in [2.45, 2.75) is 46.0 Å². The van der Waals surface area contributed by atoms with Crippen molar-refractivity contribution in [1.29, 1.82) is 0 Å². The summed E-state index contributed by atoms with van der Waals surface area (Å²) in [7, 11) is 0. The third-order valence-electron chi connectivity index (χ3n) is 4.40. The SMILES string of the molecule is CCCCc1nc(C(C)C)c(-c2ccccc2)c2ccccc12. The first kappa shape index (κ1) is 15.7. The molecule has 0 aliphatic carbocycles. The molecule has 1 heterocycles. The average molecular weight is 303 g/mol. The first-order valence-electron chi connectivity index (χ1n) is 8.69. The smallest absolute Gasteiger partial charge is 0.0517 e. The minimum absolute atomic E-state index is 0.412. The summed E-state index contributed by atoms with van der Waals surface area (Å²) < 4.78 is 0. The van der Waals surface area contributed by atoms with Gasteiger partial charge in [-0.15, -0.1) is 0 Å². The normalized spacial score (nSPS) is 11.3. The van der Waals surface area contributed by atoms with E-state index in [1.54, 1.807) is 0 Å². The monoisotopic (exact) mass is 303 g/mol. The Kier molecular flexibility index (Phi) is 4.76. The van der Waals surface area contributed by atoms with Gasteiger partial charge in [-0.3, -0.25) is 4.98 Å². The molecule has 0 aliphatic heterocycles. The number of benzene rings is 2. The van der Waals surface area contributed by atoms with Crippen molar-refractivity contribution in [2.75, 3.05) is 0 Å². The predicted octanol–water partition coefficient (Wildman–Crippen LogP) is 6.37. The van der Waals surface area contributed by atoms with E-state index in [-0.39, 0.29) is 0 Å². The molecule has 1 nitrogen and oxygen atoms in total. The maximum Gasteiger partial charge on any atom is 0.0517 e. The van der Waals surface area contributed by atoms with Gasteiger partial charge in [0.1, 0.15) is 0 Å².